The second kappa shape index (κ2) is 6.08. The molecule has 0 unspecified atom stereocenters. The van der Waals surface area contributed by atoms with Gasteiger partial charge in [-0.05, 0) is 48.9 Å². The van der Waals surface area contributed by atoms with E-state index in [1.807, 2.05) is 18.2 Å². The summed E-state index contributed by atoms with van der Waals surface area (Å²) in [6.45, 7) is 0.958. The fourth-order valence-corrected chi connectivity index (χ4v) is 3.43. The number of benzene rings is 2. The van der Waals surface area contributed by atoms with Gasteiger partial charge in [-0.15, -0.1) is 13.2 Å². The number of aromatic nitrogens is 2. The lowest BCUT2D eigenvalue weighted by atomic mass is 10.1. The molecule has 3 heterocycles. The van der Waals surface area contributed by atoms with Crippen LogP contribution in [0.1, 0.15) is 5.56 Å². The van der Waals surface area contributed by atoms with Gasteiger partial charge in [0.25, 0.3) is 0 Å². The molecule has 3 aromatic rings. The summed E-state index contributed by atoms with van der Waals surface area (Å²) in [5.41, 5.74) is 3.37. The number of anilines is 1. The minimum Gasteiger partial charge on any atom is -0.454 e. The molecule has 0 aliphatic carbocycles. The van der Waals surface area contributed by atoms with Gasteiger partial charge in [-0.25, -0.2) is 4.68 Å². The van der Waals surface area contributed by atoms with Crippen LogP contribution in [0.2, 0.25) is 0 Å². The van der Waals surface area contributed by atoms with Crippen molar-refractivity contribution in [3.63, 3.8) is 0 Å². The van der Waals surface area contributed by atoms with Crippen molar-refractivity contribution in [3.05, 3.63) is 48.0 Å². The standard InChI is InChI=1S/C19H14F3N3O3/c20-19(21,22)28-13-4-2-12(3-5-13)25-18-14(7-8-23-18)17(24-25)11-1-6-15-16(9-11)27-10-26-15/h1-6,9,23H,7-8,10H2. The summed E-state index contributed by atoms with van der Waals surface area (Å²) in [6, 6.07) is 11.3. The van der Waals surface area contributed by atoms with Crippen molar-refractivity contribution in [1.82, 2.24) is 9.78 Å². The molecule has 0 saturated carbocycles. The number of alkyl halides is 3. The van der Waals surface area contributed by atoms with E-state index in [1.165, 1.54) is 24.3 Å². The number of nitrogens with zero attached hydrogens (tertiary/aromatic N) is 2. The fourth-order valence-electron chi connectivity index (χ4n) is 3.43. The third kappa shape index (κ3) is 2.88. The Hall–Kier alpha value is -3.36. The van der Waals surface area contributed by atoms with Crippen molar-refractivity contribution < 1.29 is 27.4 Å². The van der Waals surface area contributed by atoms with Crippen LogP contribution in [0.3, 0.4) is 0 Å². The lowest BCUT2D eigenvalue weighted by Crippen LogP contribution is -2.17. The number of hydrogen-bond donors (Lipinski definition) is 1. The van der Waals surface area contributed by atoms with Gasteiger partial charge in [-0.2, -0.15) is 5.10 Å². The molecule has 0 amide bonds. The number of hydrogen-bond acceptors (Lipinski definition) is 5. The molecule has 2 aromatic carbocycles. The van der Waals surface area contributed by atoms with Gasteiger partial charge in [0.2, 0.25) is 6.79 Å². The molecular weight excluding hydrogens is 375 g/mol. The van der Waals surface area contributed by atoms with E-state index in [9.17, 15) is 13.2 Å². The Labute approximate surface area is 157 Å². The predicted molar refractivity (Wildman–Crippen MR) is 94.0 cm³/mol. The highest BCUT2D eigenvalue weighted by Crippen LogP contribution is 2.40. The van der Waals surface area contributed by atoms with Crippen LogP contribution in [0, 0.1) is 0 Å². The van der Waals surface area contributed by atoms with Crippen molar-refractivity contribution in [2.45, 2.75) is 12.8 Å². The molecule has 0 atom stereocenters. The monoisotopic (exact) mass is 389 g/mol. The quantitative estimate of drug-likeness (QED) is 0.730. The Morgan fingerprint density at radius 2 is 1.82 bits per heavy atom. The zero-order valence-corrected chi connectivity index (χ0v) is 14.4. The van der Waals surface area contributed by atoms with Crippen LogP contribution >= 0.6 is 0 Å². The molecule has 0 bridgehead atoms. The van der Waals surface area contributed by atoms with Crippen LogP contribution in [-0.2, 0) is 6.42 Å². The molecule has 0 fully saturated rings. The van der Waals surface area contributed by atoms with E-state index in [0.29, 0.717) is 17.2 Å². The van der Waals surface area contributed by atoms with E-state index in [-0.39, 0.29) is 12.5 Å². The summed E-state index contributed by atoms with van der Waals surface area (Å²) in [6.07, 6.45) is -3.92. The first-order chi connectivity index (χ1) is 13.5. The molecule has 0 radical (unpaired) electrons. The van der Waals surface area contributed by atoms with Crippen molar-refractivity contribution in [1.29, 1.82) is 0 Å². The smallest absolute Gasteiger partial charge is 0.454 e. The van der Waals surface area contributed by atoms with Gasteiger partial charge < -0.3 is 19.5 Å². The number of halogens is 3. The van der Waals surface area contributed by atoms with Gasteiger partial charge in [-0.1, -0.05) is 0 Å². The minimum atomic E-state index is -4.72. The van der Waals surface area contributed by atoms with E-state index in [0.717, 1.165) is 35.6 Å². The van der Waals surface area contributed by atoms with Gasteiger partial charge in [0.1, 0.15) is 11.6 Å². The summed E-state index contributed by atoms with van der Waals surface area (Å²) in [5, 5.41) is 7.99. The molecule has 2 aliphatic rings. The lowest BCUT2D eigenvalue weighted by Gasteiger charge is -2.10. The number of nitrogens with one attached hydrogen (secondary N) is 1. The fraction of sp³-hybridized carbons (Fsp3) is 0.211. The largest absolute Gasteiger partial charge is 0.573 e. The highest BCUT2D eigenvalue weighted by molar-refractivity contribution is 5.74. The van der Waals surface area contributed by atoms with E-state index in [1.54, 1.807) is 4.68 Å². The second-order valence-electron chi connectivity index (χ2n) is 6.37. The van der Waals surface area contributed by atoms with Gasteiger partial charge >= 0.3 is 6.36 Å². The van der Waals surface area contributed by atoms with Gasteiger partial charge in [0, 0.05) is 17.7 Å². The molecule has 9 heteroatoms. The molecular formula is C19H14F3N3O3. The maximum atomic E-state index is 12.4. The summed E-state index contributed by atoms with van der Waals surface area (Å²) < 4.78 is 53.5. The first-order valence-electron chi connectivity index (χ1n) is 8.60. The first-order valence-corrected chi connectivity index (χ1v) is 8.60. The number of rotatable bonds is 3. The SMILES string of the molecule is FC(F)(F)Oc1ccc(-n2nc(-c3ccc4c(c3)OCO4)c3c2NCC3)cc1. The number of ether oxygens (including phenoxy) is 3. The van der Waals surface area contributed by atoms with Crippen molar-refractivity contribution in [2.24, 2.45) is 0 Å². The topological polar surface area (TPSA) is 57.5 Å². The van der Waals surface area contributed by atoms with Crippen LogP contribution in [0.15, 0.2) is 42.5 Å². The maximum Gasteiger partial charge on any atom is 0.573 e. The van der Waals surface area contributed by atoms with Gasteiger partial charge in [-0.3, -0.25) is 0 Å². The second-order valence-corrected chi connectivity index (χ2v) is 6.37. The number of fused-ring (bicyclic) bond motifs is 2. The molecule has 2 aliphatic heterocycles. The van der Waals surface area contributed by atoms with E-state index < -0.39 is 6.36 Å². The third-order valence-corrected chi connectivity index (χ3v) is 4.61. The summed E-state index contributed by atoms with van der Waals surface area (Å²) >= 11 is 0. The van der Waals surface area contributed by atoms with Crippen LogP contribution in [-0.4, -0.2) is 29.5 Å². The van der Waals surface area contributed by atoms with Crippen LogP contribution in [0.25, 0.3) is 16.9 Å². The Morgan fingerprint density at radius 3 is 2.61 bits per heavy atom. The van der Waals surface area contributed by atoms with E-state index >= 15 is 0 Å². The zero-order valence-electron chi connectivity index (χ0n) is 14.4. The Kier molecular flexibility index (Phi) is 3.65. The highest BCUT2D eigenvalue weighted by atomic mass is 19.4. The molecule has 28 heavy (non-hydrogen) atoms. The molecule has 1 N–H and O–H groups in total. The van der Waals surface area contributed by atoms with Crippen LogP contribution < -0.4 is 19.5 Å². The van der Waals surface area contributed by atoms with Crippen LogP contribution in [0.4, 0.5) is 19.0 Å². The van der Waals surface area contributed by atoms with E-state index in [2.05, 4.69) is 10.1 Å². The average Bonchev–Trinajstić information content (AvgIpc) is 3.36. The van der Waals surface area contributed by atoms with E-state index in [4.69, 9.17) is 14.6 Å². The summed E-state index contributed by atoms with van der Waals surface area (Å²) in [4.78, 5) is 0. The zero-order chi connectivity index (χ0) is 19.3. The van der Waals surface area contributed by atoms with Crippen molar-refractivity contribution >= 4 is 5.82 Å². The lowest BCUT2D eigenvalue weighted by molar-refractivity contribution is -0.274. The summed E-state index contributed by atoms with van der Waals surface area (Å²) in [5.74, 6) is 1.92. The van der Waals surface area contributed by atoms with Crippen molar-refractivity contribution in [2.75, 3.05) is 18.7 Å². The molecule has 144 valence electrons. The maximum absolute atomic E-state index is 12.4. The molecule has 6 nitrogen and oxygen atoms in total. The Morgan fingerprint density at radius 1 is 1.04 bits per heavy atom. The van der Waals surface area contributed by atoms with Gasteiger partial charge in [0.05, 0.1) is 11.4 Å². The van der Waals surface area contributed by atoms with Crippen LogP contribution in [0.5, 0.6) is 17.2 Å². The predicted octanol–water partition coefficient (Wildman–Crippen LogP) is 4.13. The normalized spacial score (nSPS) is 14.7. The molecule has 5 rings (SSSR count). The van der Waals surface area contributed by atoms with Crippen molar-refractivity contribution in [3.8, 4) is 34.2 Å². The summed E-state index contributed by atoms with van der Waals surface area (Å²) in [7, 11) is 0. The Bertz CT molecular complexity index is 1050. The third-order valence-electron chi connectivity index (χ3n) is 4.61. The van der Waals surface area contributed by atoms with Gasteiger partial charge in [0.15, 0.2) is 11.5 Å². The minimum absolute atomic E-state index is 0.194. The molecule has 0 spiro atoms. The molecule has 0 saturated heterocycles. The molecule has 1 aromatic heterocycles. The first kappa shape index (κ1) is 16.8. The average molecular weight is 389 g/mol. The Balaban J connectivity index is 1.52. The highest BCUT2D eigenvalue weighted by Gasteiger charge is 2.31.